The minimum Gasteiger partial charge on any atom is -0.483 e. The Labute approximate surface area is 189 Å². The van der Waals surface area contributed by atoms with Gasteiger partial charge in [-0.3, -0.25) is 4.79 Å². The topological polar surface area (TPSA) is 58.6 Å². The number of ether oxygens (including phenoxy) is 1. The molecule has 0 bridgehead atoms. The van der Waals surface area contributed by atoms with Crippen molar-refractivity contribution in [2.24, 2.45) is 0 Å². The summed E-state index contributed by atoms with van der Waals surface area (Å²) in [6.45, 7) is 10.9. The number of aryl methyl sites for hydroxylation is 3. The average Bonchev–Trinajstić information content (AvgIpc) is 2.80. The van der Waals surface area contributed by atoms with Crippen LogP contribution in [0.4, 0.5) is 5.82 Å². The average molecular weight is 431 g/mol. The Hall–Kier alpha value is -3.41. The summed E-state index contributed by atoms with van der Waals surface area (Å²) in [4.78, 5) is 26.1. The number of hydrogen-bond donors (Lipinski definition) is 0. The van der Waals surface area contributed by atoms with Gasteiger partial charge in [-0.2, -0.15) is 0 Å². The van der Waals surface area contributed by atoms with E-state index in [2.05, 4.69) is 40.0 Å². The first-order chi connectivity index (χ1) is 15.4. The third-order valence-electron chi connectivity index (χ3n) is 5.97. The summed E-state index contributed by atoms with van der Waals surface area (Å²) < 4.78 is 5.88. The van der Waals surface area contributed by atoms with Gasteiger partial charge in [0.25, 0.3) is 5.91 Å². The Morgan fingerprint density at radius 3 is 2.38 bits per heavy atom. The van der Waals surface area contributed by atoms with E-state index in [9.17, 15) is 4.79 Å². The lowest BCUT2D eigenvalue weighted by Crippen LogP contribution is -2.50. The minimum atomic E-state index is 0.0204. The van der Waals surface area contributed by atoms with Gasteiger partial charge in [-0.25, -0.2) is 9.97 Å². The third-order valence-corrected chi connectivity index (χ3v) is 5.97. The Bertz CT molecular complexity index is 1110. The summed E-state index contributed by atoms with van der Waals surface area (Å²) in [6.07, 6.45) is 0. The highest BCUT2D eigenvalue weighted by atomic mass is 16.5. The van der Waals surface area contributed by atoms with Crippen LogP contribution in [0, 0.1) is 27.7 Å². The molecule has 1 fully saturated rings. The monoisotopic (exact) mass is 430 g/mol. The molecule has 0 N–H and O–H groups in total. The molecular weight excluding hydrogens is 400 g/mol. The SMILES string of the molecule is Cc1cc(C)c(C)c(OCC(=O)N2CCN(c3cc(-c4ccccc4)nc(C)n3)CC2)c1. The molecule has 166 valence electrons. The zero-order valence-corrected chi connectivity index (χ0v) is 19.3. The van der Waals surface area contributed by atoms with E-state index < -0.39 is 0 Å². The second-order valence-electron chi connectivity index (χ2n) is 8.39. The predicted molar refractivity (Wildman–Crippen MR) is 127 cm³/mol. The maximum atomic E-state index is 12.7. The van der Waals surface area contributed by atoms with Crippen molar-refractivity contribution in [2.45, 2.75) is 27.7 Å². The standard InChI is InChI=1S/C26H30N4O2/c1-18-14-19(2)20(3)24(15-18)32-17-26(31)30-12-10-29(11-13-30)25-16-23(27-21(4)28-25)22-8-6-5-7-9-22/h5-9,14-16H,10-13,17H2,1-4H3. The molecule has 6 heteroatoms. The van der Waals surface area contributed by atoms with Crippen LogP contribution in [0.15, 0.2) is 48.5 Å². The molecule has 3 aromatic rings. The van der Waals surface area contributed by atoms with Gasteiger partial charge in [0, 0.05) is 37.8 Å². The van der Waals surface area contributed by atoms with Gasteiger partial charge in [0.1, 0.15) is 17.4 Å². The molecule has 1 saturated heterocycles. The number of benzene rings is 2. The van der Waals surface area contributed by atoms with E-state index in [0.29, 0.717) is 13.1 Å². The molecular formula is C26H30N4O2. The molecule has 0 radical (unpaired) electrons. The fourth-order valence-corrected chi connectivity index (χ4v) is 4.04. The van der Waals surface area contributed by atoms with Gasteiger partial charge in [0.2, 0.25) is 0 Å². The molecule has 6 nitrogen and oxygen atoms in total. The van der Waals surface area contributed by atoms with E-state index in [-0.39, 0.29) is 12.5 Å². The molecule has 0 aliphatic carbocycles. The highest BCUT2D eigenvalue weighted by molar-refractivity contribution is 5.78. The van der Waals surface area contributed by atoms with Crippen LogP contribution in [0.25, 0.3) is 11.3 Å². The van der Waals surface area contributed by atoms with Crippen molar-refractivity contribution in [2.75, 3.05) is 37.7 Å². The number of carbonyl (C=O) groups excluding carboxylic acids is 1. The number of nitrogens with zero attached hydrogens (tertiary/aromatic N) is 4. The first-order valence-electron chi connectivity index (χ1n) is 11.0. The highest BCUT2D eigenvalue weighted by Gasteiger charge is 2.23. The van der Waals surface area contributed by atoms with E-state index in [1.54, 1.807) is 0 Å². The van der Waals surface area contributed by atoms with Gasteiger partial charge in [0.05, 0.1) is 5.69 Å². The Morgan fingerprint density at radius 1 is 0.938 bits per heavy atom. The predicted octanol–water partition coefficient (Wildman–Crippen LogP) is 4.10. The molecule has 32 heavy (non-hydrogen) atoms. The molecule has 0 spiro atoms. The quantitative estimate of drug-likeness (QED) is 0.610. The van der Waals surface area contributed by atoms with Gasteiger partial charge in [-0.15, -0.1) is 0 Å². The molecule has 0 unspecified atom stereocenters. The van der Waals surface area contributed by atoms with Crippen LogP contribution in [0.5, 0.6) is 5.75 Å². The van der Waals surface area contributed by atoms with Crippen molar-refractivity contribution >= 4 is 11.7 Å². The molecule has 1 aliphatic rings. The summed E-state index contributed by atoms with van der Waals surface area (Å²) >= 11 is 0. The van der Waals surface area contributed by atoms with Crippen molar-refractivity contribution in [3.63, 3.8) is 0 Å². The van der Waals surface area contributed by atoms with Gasteiger partial charge < -0.3 is 14.5 Å². The zero-order chi connectivity index (χ0) is 22.7. The van der Waals surface area contributed by atoms with Crippen LogP contribution in [-0.4, -0.2) is 53.6 Å². The molecule has 0 saturated carbocycles. The summed E-state index contributed by atoms with van der Waals surface area (Å²) in [5.41, 5.74) is 5.40. The number of amides is 1. The summed E-state index contributed by atoms with van der Waals surface area (Å²) in [7, 11) is 0. The molecule has 0 atom stereocenters. The largest absolute Gasteiger partial charge is 0.483 e. The van der Waals surface area contributed by atoms with E-state index >= 15 is 0 Å². The highest BCUT2D eigenvalue weighted by Crippen LogP contribution is 2.24. The van der Waals surface area contributed by atoms with Crippen molar-refractivity contribution in [1.82, 2.24) is 14.9 Å². The number of anilines is 1. The second-order valence-corrected chi connectivity index (χ2v) is 8.39. The van der Waals surface area contributed by atoms with Crippen LogP contribution >= 0.6 is 0 Å². The number of piperazine rings is 1. The van der Waals surface area contributed by atoms with Crippen LogP contribution in [0.1, 0.15) is 22.5 Å². The van der Waals surface area contributed by atoms with Gasteiger partial charge in [-0.05, 0) is 50.5 Å². The third kappa shape index (κ3) is 4.90. The van der Waals surface area contributed by atoms with E-state index in [1.807, 2.05) is 56.0 Å². The zero-order valence-electron chi connectivity index (χ0n) is 19.3. The summed E-state index contributed by atoms with van der Waals surface area (Å²) in [5, 5.41) is 0. The smallest absolute Gasteiger partial charge is 0.260 e. The molecule has 4 rings (SSSR count). The summed E-state index contributed by atoms with van der Waals surface area (Å²) in [6, 6.07) is 16.3. The maximum Gasteiger partial charge on any atom is 0.260 e. The van der Waals surface area contributed by atoms with E-state index in [0.717, 1.165) is 52.9 Å². The summed E-state index contributed by atoms with van der Waals surface area (Å²) in [5.74, 6) is 2.47. The normalized spacial score (nSPS) is 13.9. The van der Waals surface area contributed by atoms with Gasteiger partial charge >= 0.3 is 0 Å². The number of hydrogen-bond acceptors (Lipinski definition) is 5. The van der Waals surface area contributed by atoms with Crippen molar-refractivity contribution in [3.8, 4) is 17.0 Å². The van der Waals surface area contributed by atoms with Crippen molar-refractivity contribution in [1.29, 1.82) is 0 Å². The van der Waals surface area contributed by atoms with Crippen LogP contribution < -0.4 is 9.64 Å². The maximum absolute atomic E-state index is 12.7. The lowest BCUT2D eigenvalue weighted by Gasteiger charge is -2.35. The Kier molecular flexibility index (Phi) is 6.40. The number of rotatable bonds is 5. The van der Waals surface area contributed by atoms with Crippen molar-refractivity contribution < 1.29 is 9.53 Å². The lowest BCUT2D eigenvalue weighted by molar-refractivity contribution is -0.133. The first-order valence-corrected chi connectivity index (χ1v) is 11.0. The second kappa shape index (κ2) is 9.39. The van der Waals surface area contributed by atoms with Crippen LogP contribution in [0.3, 0.4) is 0 Å². The number of aromatic nitrogens is 2. The molecule has 1 amide bonds. The fourth-order valence-electron chi connectivity index (χ4n) is 4.04. The van der Waals surface area contributed by atoms with Crippen LogP contribution in [0.2, 0.25) is 0 Å². The first kappa shape index (κ1) is 21.8. The van der Waals surface area contributed by atoms with E-state index in [4.69, 9.17) is 4.74 Å². The molecule has 1 aliphatic heterocycles. The van der Waals surface area contributed by atoms with Gasteiger partial charge in [0.15, 0.2) is 6.61 Å². The van der Waals surface area contributed by atoms with Gasteiger partial charge in [-0.1, -0.05) is 36.4 Å². The van der Waals surface area contributed by atoms with E-state index in [1.165, 1.54) is 5.56 Å². The molecule has 1 aromatic heterocycles. The Balaban J connectivity index is 1.37. The molecule has 2 heterocycles. The lowest BCUT2D eigenvalue weighted by atomic mass is 10.1. The fraction of sp³-hybridized carbons (Fsp3) is 0.346. The van der Waals surface area contributed by atoms with Crippen LogP contribution in [-0.2, 0) is 4.79 Å². The van der Waals surface area contributed by atoms with Crippen molar-refractivity contribution in [3.05, 3.63) is 71.0 Å². The Morgan fingerprint density at radius 2 is 1.66 bits per heavy atom. The number of carbonyl (C=O) groups is 1. The molecule has 2 aromatic carbocycles. The minimum absolute atomic E-state index is 0.0204.